The van der Waals surface area contributed by atoms with Gasteiger partial charge in [0.05, 0.1) is 34.4 Å². The lowest BCUT2D eigenvalue weighted by Gasteiger charge is -2.20. The van der Waals surface area contributed by atoms with Crippen molar-refractivity contribution in [2.75, 3.05) is 5.32 Å². The van der Waals surface area contributed by atoms with E-state index in [-0.39, 0.29) is 22.6 Å². The summed E-state index contributed by atoms with van der Waals surface area (Å²) in [6.07, 6.45) is -8.19. The van der Waals surface area contributed by atoms with Crippen molar-refractivity contribution in [3.63, 3.8) is 0 Å². The van der Waals surface area contributed by atoms with Crippen LogP contribution >= 0.6 is 0 Å². The van der Waals surface area contributed by atoms with Gasteiger partial charge in [-0.05, 0) is 42.5 Å². The van der Waals surface area contributed by atoms with E-state index in [4.69, 9.17) is 0 Å². The van der Waals surface area contributed by atoms with Gasteiger partial charge in [0, 0.05) is 16.5 Å². The van der Waals surface area contributed by atoms with Crippen molar-refractivity contribution in [2.24, 2.45) is 5.41 Å². The summed E-state index contributed by atoms with van der Waals surface area (Å²) in [5.74, 6) is -1.52. The summed E-state index contributed by atoms with van der Waals surface area (Å²) in [5.41, 5.74) is -3.69. The number of benzene rings is 2. The fraction of sp³-hybridized carbons (Fsp3) is 0.240. The Kier molecular flexibility index (Phi) is 6.25. The Morgan fingerprint density at radius 3 is 2.11 bits per heavy atom. The molecule has 1 amide bonds. The van der Waals surface area contributed by atoms with Crippen LogP contribution in [0.1, 0.15) is 31.9 Å². The minimum atomic E-state index is -4.76. The third-order valence-electron chi connectivity index (χ3n) is 5.43. The maximum atomic E-state index is 13.8. The molecule has 0 aliphatic carbocycles. The molecule has 0 atom stereocenters. The second kappa shape index (κ2) is 8.86. The van der Waals surface area contributed by atoms with Gasteiger partial charge < -0.3 is 5.32 Å². The number of aromatic nitrogens is 3. The topological polar surface area (TPSA) is 59.3 Å². The predicted molar refractivity (Wildman–Crippen MR) is 122 cm³/mol. The van der Waals surface area contributed by atoms with Crippen LogP contribution in [0.15, 0.2) is 54.7 Å². The summed E-state index contributed by atoms with van der Waals surface area (Å²) < 4.78 is 95.9. The van der Waals surface area contributed by atoms with Gasteiger partial charge in [0.15, 0.2) is 5.65 Å². The van der Waals surface area contributed by atoms with E-state index in [1.165, 1.54) is 18.3 Å². The fourth-order valence-electron chi connectivity index (χ4n) is 3.50. The number of amides is 1. The third kappa shape index (κ3) is 5.42. The maximum Gasteiger partial charge on any atom is 0.418 e. The van der Waals surface area contributed by atoms with Gasteiger partial charge in [-0.3, -0.25) is 4.79 Å². The monoisotopic (exact) mass is 524 g/mol. The van der Waals surface area contributed by atoms with Crippen LogP contribution in [0.3, 0.4) is 0 Å². The number of carbonyl (C=O) groups is 1. The SMILES string of the molecule is CC(C)(C)C(=O)Nc1cc(-c2cn3nc(-c4cc(F)ccc4C(F)(F)F)ccc3n2)ccc1C(F)(F)F. The average molecular weight is 524 g/mol. The zero-order valence-electron chi connectivity index (χ0n) is 19.6. The summed E-state index contributed by atoms with van der Waals surface area (Å²) in [5, 5.41) is 6.41. The zero-order valence-corrected chi connectivity index (χ0v) is 19.6. The molecule has 5 nitrogen and oxygen atoms in total. The second-order valence-electron chi connectivity index (χ2n) is 9.30. The Labute approximate surface area is 205 Å². The van der Waals surface area contributed by atoms with Crippen molar-refractivity contribution in [3.8, 4) is 22.5 Å². The number of alkyl halides is 6. The first-order chi connectivity index (χ1) is 17.0. The highest BCUT2D eigenvalue weighted by Gasteiger charge is 2.36. The molecule has 2 aromatic heterocycles. The number of hydrogen-bond acceptors (Lipinski definition) is 3. The molecule has 2 heterocycles. The number of halogens is 7. The van der Waals surface area contributed by atoms with Crippen molar-refractivity contribution in [2.45, 2.75) is 33.1 Å². The summed E-state index contributed by atoms with van der Waals surface area (Å²) in [6.45, 7) is 4.65. The molecule has 0 saturated heterocycles. The minimum Gasteiger partial charge on any atom is -0.325 e. The number of fused-ring (bicyclic) bond motifs is 1. The molecular weight excluding hydrogens is 505 g/mol. The van der Waals surface area contributed by atoms with Gasteiger partial charge in [-0.2, -0.15) is 31.4 Å². The Morgan fingerprint density at radius 1 is 0.838 bits per heavy atom. The molecule has 1 N–H and O–H groups in total. The molecule has 0 radical (unpaired) electrons. The molecule has 0 saturated carbocycles. The number of nitrogens with one attached hydrogen (secondary N) is 1. The molecule has 194 valence electrons. The molecule has 0 spiro atoms. The van der Waals surface area contributed by atoms with E-state index in [1.807, 2.05) is 0 Å². The van der Waals surface area contributed by atoms with Crippen LogP contribution in [-0.2, 0) is 17.1 Å². The van der Waals surface area contributed by atoms with Gasteiger partial charge in [0.25, 0.3) is 0 Å². The van der Waals surface area contributed by atoms with Crippen LogP contribution in [0.25, 0.3) is 28.2 Å². The van der Waals surface area contributed by atoms with Crippen LogP contribution in [0.2, 0.25) is 0 Å². The van der Waals surface area contributed by atoms with Gasteiger partial charge >= 0.3 is 12.4 Å². The standard InChI is InChI=1S/C25H19F7N4O/c1-23(2,3)22(37)34-19-10-13(4-6-17(19)25(30,31)32)20-12-36-21(33-20)9-8-18(35-36)15-11-14(26)5-7-16(15)24(27,28)29/h4-12H,1-3H3,(H,34,37). The Morgan fingerprint density at radius 2 is 1.49 bits per heavy atom. The van der Waals surface area contributed by atoms with Crippen molar-refractivity contribution in [1.82, 2.24) is 14.6 Å². The van der Waals surface area contributed by atoms with Crippen LogP contribution < -0.4 is 5.32 Å². The molecule has 0 bridgehead atoms. The zero-order chi connectivity index (χ0) is 27.3. The van der Waals surface area contributed by atoms with Gasteiger partial charge in [-0.15, -0.1) is 0 Å². The molecule has 0 fully saturated rings. The van der Waals surface area contributed by atoms with Crippen LogP contribution in [0, 0.1) is 11.2 Å². The number of imidazole rings is 1. The van der Waals surface area contributed by atoms with E-state index in [0.717, 1.165) is 28.8 Å². The second-order valence-corrected chi connectivity index (χ2v) is 9.30. The first kappa shape index (κ1) is 26.1. The predicted octanol–water partition coefficient (Wildman–Crippen LogP) is 7.22. The molecule has 0 aliphatic rings. The largest absolute Gasteiger partial charge is 0.418 e. The number of carbonyl (C=O) groups excluding carboxylic acids is 1. The molecular formula is C25H19F7N4O. The number of hydrogen-bond donors (Lipinski definition) is 1. The van der Waals surface area contributed by atoms with E-state index < -0.39 is 51.9 Å². The molecule has 2 aromatic carbocycles. The fourth-order valence-corrected chi connectivity index (χ4v) is 3.50. The Hall–Kier alpha value is -3.96. The lowest BCUT2D eigenvalue weighted by atomic mass is 9.95. The van der Waals surface area contributed by atoms with Crippen LogP contribution in [0.4, 0.5) is 36.4 Å². The van der Waals surface area contributed by atoms with Crippen LogP contribution in [-0.4, -0.2) is 20.5 Å². The van der Waals surface area contributed by atoms with Gasteiger partial charge in [-0.25, -0.2) is 13.9 Å². The Balaban J connectivity index is 1.79. The highest BCUT2D eigenvalue weighted by molar-refractivity contribution is 5.96. The first-order valence-corrected chi connectivity index (χ1v) is 10.8. The Bertz CT molecular complexity index is 1500. The lowest BCUT2D eigenvalue weighted by Crippen LogP contribution is -2.28. The highest BCUT2D eigenvalue weighted by atomic mass is 19.4. The van der Waals surface area contributed by atoms with Gasteiger partial charge in [0.1, 0.15) is 5.82 Å². The van der Waals surface area contributed by atoms with E-state index >= 15 is 0 Å². The molecule has 0 aliphatic heterocycles. The number of rotatable bonds is 3. The minimum absolute atomic E-state index is 0.153. The summed E-state index contributed by atoms with van der Waals surface area (Å²) in [6, 6.07) is 7.69. The number of anilines is 1. The normalized spacial score (nSPS) is 12.7. The smallest absolute Gasteiger partial charge is 0.325 e. The van der Waals surface area contributed by atoms with Crippen LogP contribution in [0.5, 0.6) is 0 Å². The third-order valence-corrected chi connectivity index (χ3v) is 5.43. The average Bonchev–Trinajstić information content (AvgIpc) is 3.20. The van der Waals surface area contributed by atoms with E-state index in [0.29, 0.717) is 12.1 Å². The van der Waals surface area contributed by atoms with E-state index in [9.17, 15) is 35.5 Å². The van der Waals surface area contributed by atoms with Crippen molar-refractivity contribution < 1.29 is 35.5 Å². The molecule has 37 heavy (non-hydrogen) atoms. The van der Waals surface area contributed by atoms with Crippen molar-refractivity contribution in [1.29, 1.82) is 0 Å². The lowest BCUT2D eigenvalue weighted by molar-refractivity contribution is -0.138. The maximum absolute atomic E-state index is 13.8. The van der Waals surface area contributed by atoms with Crippen molar-refractivity contribution in [3.05, 3.63) is 71.7 Å². The van der Waals surface area contributed by atoms with Gasteiger partial charge in [-0.1, -0.05) is 26.8 Å². The summed E-state index contributed by atoms with van der Waals surface area (Å²) >= 11 is 0. The molecule has 4 aromatic rings. The molecule has 12 heteroatoms. The highest BCUT2D eigenvalue weighted by Crippen LogP contribution is 2.39. The van der Waals surface area contributed by atoms with E-state index in [2.05, 4.69) is 15.4 Å². The van der Waals surface area contributed by atoms with E-state index in [1.54, 1.807) is 20.8 Å². The molecule has 4 rings (SSSR count). The quantitative estimate of drug-likeness (QED) is 0.288. The molecule has 0 unspecified atom stereocenters. The summed E-state index contributed by atoms with van der Waals surface area (Å²) in [7, 11) is 0. The van der Waals surface area contributed by atoms with Crippen molar-refractivity contribution >= 4 is 17.2 Å². The number of nitrogens with zero attached hydrogens (tertiary/aromatic N) is 3. The first-order valence-electron chi connectivity index (χ1n) is 10.8. The van der Waals surface area contributed by atoms with Gasteiger partial charge in [0.2, 0.25) is 5.91 Å². The summed E-state index contributed by atoms with van der Waals surface area (Å²) in [4.78, 5) is 16.7.